The maximum Gasteiger partial charge on any atom is 0.228 e. The van der Waals surface area contributed by atoms with Crippen LogP contribution in [-0.4, -0.2) is 15.6 Å². The number of hydrogen-bond donors (Lipinski definition) is 1. The Labute approximate surface area is 96.1 Å². The van der Waals surface area contributed by atoms with Crippen LogP contribution in [0.15, 0.2) is 12.1 Å². The van der Waals surface area contributed by atoms with Gasteiger partial charge >= 0.3 is 0 Å². The maximum atomic E-state index is 13.2. The molecule has 2 aromatic rings. The van der Waals surface area contributed by atoms with Crippen LogP contribution in [-0.2, 0) is 0 Å². The maximum absolute atomic E-state index is 13.2. The van der Waals surface area contributed by atoms with Crippen molar-refractivity contribution in [3.63, 3.8) is 0 Å². The molecule has 0 aliphatic carbocycles. The number of carbonyl (C=O) groups is 1. The van der Waals surface area contributed by atoms with Gasteiger partial charge in [-0.25, -0.2) is 4.39 Å². The average molecular weight is 242 g/mol. The van der Waals surface area contributed by atoms with Crippen molar-refractivity contribution in [2.24, 2.45) is 0 Å². The van der Waals surface area contributed by atoms with E-state index >= 15 is 0 Å². The van der Waals surface area contributed by atoms with E-state index in [9.17, 15) is 14.3 Å². The monoisotopic (exact) mass is 241 g/mol. The molecule has 0 unspecified atom stereocenters. The molecule has 1 heterocycles. The van der Waals surface area contributed by atoms with Crippen molar-refractivity contribution in [2.45, 2.75) is 13.8 Å². The van der Waals surface area contributed by atoms with Crippen LogP contribution in [0, 0.1) is 12.7 Å². The van der Waals surface area contributed by atoms with Crippen molar-refractivity contribution in [2.75, 3.05) is 0 Å². The molecule has 0 amide bonds. The van der Waals surface area contributed by atoms with Gasteiger partial charge in [-0.15, -0.1) is 0 Å². The van der Waals surface area contributed by atoms with Gasteiger partial charge in [0.1, 0.15) is 11.6 Å². The van der Waals surface area contributed by atoms with E-state index in [2.05, 4.69) is 0 Å². The highest BCUT2D eigenvalue weighted by Crippen LogP contribution is 2.37. The zero-order chi connectivity index (χ0) is 12.0. The van der Waals surface area contributed by atoms with Gasteiger partial charge in [-0.3, -0.25) is 9.36 Å². The van der Waals surface area contributed by atoms with Crippen molar-refractivity contribution in [3.8, 4) is 5.75 Å². The Bertz CT molecular complexity index is 604. The van der Waals surface area contributed by atoms with E-state index < -0.39 is 5.82 Å². The minimum absolute atomic E-state index is 0.158. The summed E-state index contributed by atoms with van der Waals surface area (Å²) in [6.07, 6.45) is 0. The summed E-state index contributed by atoms with van der Waals surface area (Å²) < 4.78 is 14.5. The smallest absolute Gasteiger partial charge is 0.228 e. The zero-order valence-corrected chi connectivity index (χ0v) is 9.47. The third-order valence-corrected chi connectivity index (χ3v) is 2.91. The molecule has 84 valence electrons. The number of carbonyl (C=O) groups excluding carboxylic acids is 1. The quantitative estimate of drug-likeness (QED) is 0.770. The Hall–Kier alpha value is -1.55. The van der Waals surface area contributed by atoms with Crippen molar-refractivity contribution >= 4 is 28.4 Å². The van der Waals surface area contributed by atoms with Gasteiger partial charge in [-0.05, 0) is 19.1 Å². The van der Waals surface area contributed by atoms with Gasteiger partial charge in [-0.1, -0.05) is 11.6 Å². The Balaban J connectivity index is 3.01. The lowest BCUT2D eigenvalue weighted by molar-refractivity contribution is 0.0939. The molecule has 0 aliphatic rings. The second kappa shape index (κ2) is 3.49. The van der Waals surface area contributed by atoms with Gasteiger partial charge in [-0.2, -0.15) is 0 Å². The molecule has 0 fully saturated rings. The van der Waals surface area contributed by atoms with E-state index in [1.807, 2.05) is 0 Å². The molecule has 16 heavy (non-hydrogen) atoms. The van der Waals surface area contributed by atoms with Crippen LogP contribution in [0.25, 0.3) is 10.9 Å². The van der Waals surface area contributed by atoms with Crippen LogP contribution in [0.5, 0.6) is 5.75 Å². The van der Waals surface area contributed by atoms with Crippen molar-refractivity contribution in [3.05, 3.63) is 28.7 Å². The van der Waals surface area contributed by atoms with Crippen molar-refractivity contribution in [1.82, 2.24) is 4.57 Å². The summed E-state index contributed by atoms with van der Waals surface area (Å²) in [7, 11) is 0. The van der Waals surface area contributed by atoms with Crippen LogP contribution in [0.1, 0.15) is 17.4 Å². The second-order valence-electron chi connectivity index (χ2n) is 3.54. The van der Waals surface area contributed by atoms with Gasteiger partial charge < -0.3 is 5.11 Å². The predicted molar refractivity (Wildman–Crippen MR) is 59.6 cm³/mol. The lowest BCUT2D eigenvalue weighted by Gasteiger charge is -2.01. The molecule has 2 rings (SSSR count). The van der Waals surface area contributed by atoms with Crippen LogP contribution in [0.4, 0.5) is 4.39 Å². The number of aromatic hydroxyl groups is 1. The van der Waals surface area contributed by atoms with E-state index in [0.29, 0.717) is 11.2 Å². The molecule has 0 radical (unpaired) electrons. The molecule has 0 saturated carbocycles. The first-order valence-electron chi connectivity index (χ1n) is 4.64. The van der Waals surface area contributed by atoms with E-state index in [-0.39, 0.29) is 22.1 Å². The lowest BCUT2D eigenvalue weighted by Crippen LogP contribution is -2.06. The summed E-state index contributed by atoms with van der Waals surface area (Å²) in [5.41, 5.74) is 0.768. The molecular formula is C11H9ClFNO2. The Morgan fingerprint density at radius 3 is 2.69 bits per heavy atom. The fourth-order valence-corrected chi connectivity index (χ4v) is 2.07. The molecule has 3 nitrogen and oxygen atoms in total. The fraction of sp³-hybridized carbons (Fsp3) is 0.182. The molecule has 1 aromatic heterocycles. The zero-order valence-electron chi connectivity index (χ0n) is 8.71. The van der Waals surface area contributed by atoms with Gasteiger partial charge in [0.15, 0.2) is 0 Å². The van der Waals surface area contributed by atoms with Gasteiger partial charge in [0.2, 0.25) is 5.91 Å². The summed E-state index contributed by atoms with van der Waals surface area (Å²) in [4.78, 5) is 11.4. The predicted octanol–water partition coefficient (Wildman–Crippen LogP) is 3.11. The molecule has 0 saturated heterocycles. The summed E-state index contributed by atoms with van der Waals surface area (Å²) in [6.45, 7) is 2.94. The Morgan fingerprint density at radius 2 is 2.12 bits per heavy atom. The van der Waals surface area contributed by atoms with E-state index in [1.54, 1.807) is 6.92 Å². The highest BCUT2D eigenvalue weighted by atomic mass is 35.5. The second-order valence-corrected chi connectivity index (χ2v) is 3.92. The van der Waals surface area contributed by atoms with E-state index in [0.717, 1.165) is 0 Å². The molecule has 1 N–H and O–H groups in total. The van der Waals surface area contributed by atoms with Gasteiger partial charge in [0.25, 0.3) is 0 Å². The highest BCUT2D eigenvalue weighted by molar-refractivity contribution is 6.36. The first-order valence-corrected chi connectivity index (χ1v) is 5.02. The first-order chi connectivity index (χ1) is 7.45. The average Bonchev–Trinajstić information content (AvgIpc) is 2.46. The van der Waals surface area contributed by atoms with Gasteiger partial charge in [0, 0.05) is 6.92 Å². The number of aromatic nitrogens is 1. The topological polar surface area (TPSA) is 42.2 Å². The molecule has 0 spiro atoms. The highest BCUT2D eigenvalue weighted by Gasteiger charge is 2.19. The minimum Gasteiger partial charge on any atom is -0.505 e. The number of rotatable bonds is 0. The Kier molecular flexibility index (Phi) is 2.39. The van der Waals surface area contributed by atoms with Crippen LogP contribution < -0.4 is 0 Å². The van der Waals surface area contributed by atoms with Crippen LogP contribution >= 0.6 is 11.6 Å². The van der Waals surface area contributed by atoms with Crippen molar-refractivity contribution in [1.29, 1.82) is 0 Å². The third kappa shape index (κ3) is 1.30. The summed E-state index contributed by atoms with van der Waals surface area (Å²) >= 11 is 5.76. The summed E-state index contributed by atoms with van der Waals surface area (Å²) in [5, 5.41) is 9.82. The third-order valence-electron chi connectivity index (χ3n) is 2.54. The molecule has 0 aliphatic heterocycles. The van der Waals surface area contributed by atoms with Crippen LogP contribution in [0.2, 0.25) is 5.02 Å². The first kappa shape index (κ1) is 11.0. The molecular weight excluding hydrogens is 233 g/mol. The number of benzene rings is 1. The Morgan fingerprint density at radius 1 is 1.50 bits per heavy atom. The number of halogens is 2. The number of fused-ring (bicyclic) bond motifs is 1. The van der Waals surface area contributed by atoms with Crippen LogP contribution in [0.3, 0.4) is 0 Å². The lowest BCUT2D eigenvalue weighted by atomic mass is 10.2. The minimum atomic E-state index is -0.620. The van der Waals surface area contributed by atoms with Gasteiger partial charge in [0.05, 0.1) is 21.6 Å². The summed E-state index contributed by atoms with van der Waals surface area (Å²) in [6, 6.07) is 2.59. The molecule has 5 heteroatoms. The van der Waals surface area contributed by atoms with Crippen molar-refractivity contribution < 1.29 is 14.3 Å². The normalized spacial score (nSPS) is 11.0. The fourth-order valence-electron chi connectivity index (χ4n) is 1.83. The summed E-state index contributed by atoms with van der Waals surface area (Å²) in [5.74, 6) is -1.04. The number of nitrogens with zero attached hydrogens (tertiary/aromatic N) is 1. The SMILES string of the molecule is CC(=O)n1c(C)c(O)c2c(Cl)c(F)ccc21. The van der Waals surface area contributed by atoms with E-state index in [4.69, 9.17) is 11.6 Å². The molecule has 0 bridgehead atoms. The van der Waals surface area contributed by atoms with E-state index in [1.165, 1.54) is 23.6 Å². The molecule has 0 atom stereocenters. The number of hydrogen-bond acceptors (Lipinski definition) is 2. The standard InChI is InChI=1S/C11H9ClFNO2/c1-5-11(16)9-8(14(5)6(2)15)4-3-7(13)10(9)12/h3-4,16H,1-2H3. The molecule has 1 aromatic carbocycles. The largest absolute Gasteiger partial charge is 0.505 e.